The fourth-order valence-electron chi connectivity index (χ4n) is 4.86. The van der Waals surface area contributed by atoms with E-state index in [9.17, 15) is 13.0 Å². The first kappa shape index (κ1) is 24.9. The number of hydrogen-bond acceptors (Lipinski definition) is 6. The Kier molecular flexibility index (Phi) is 6.42. The topological polar surface area (TPSA) is 86.7 Å². The SMILES string of the molecule is CN1/C(=C/c2oc3ccc(-c4ccccc4)cc3[n+]2CCCS(=O)(=O)[O-])Oc2ccc(-c3ccccc3)cc21. The van der Waals surface area contributed by atoms with E-state index >= 15 is 0 Å². The molecule has 4 aromatic carbocycles. The first-order valence-electron chi connectivity index (χ1n) is 12.6. The molecule has 0 saturated heterocycles. The van der Waals surface area contributed by atoms with Gasteiger partial charge < -0.3 is 18.6 Å². The van der Waals surface area contributed by atoms with Crippen LogP contribution in [0.2, 0.25) is 0 Å². The molecule has 7 nitrogen and oxygen atoms in total. The summed E-state index contributed by atoms with van der Waals surface area (Å²) >= 11 is 0. The fraction of sp³-hybridized carbons (Fsp3) is 0.129. The fourth-order valence-corrected chi connectivity index (χ4v) is 5.34. The Morgan fingerprint density at radius 3 is 2.15 bits per heavy atom. The quantitative estimate of drug-likeness (QED) is 0.192. The summed E-state index contributed by atoms with van der Waals surface area (Å²) in [5.41, 5.74) is 6.63. The highest BCUT2D eigenvalue weighted by atomic mass is 32.2. The second-order valence-corrected chi connectivity index (χ2v) is 11.0. The number of nitrogens with zero attached hydrogens (tertiary/aromatic N) is 2. The third-order valence-electron chi connectivity index (χ3n) is 6.83. The number of benzene rings is 4. The normalized spacial score (nSPS) is 14.1. The number of oxazole rings is 1. The number of fused-ring (bicyclic) bond motifs is 2. The zero-order valence-corrected chi connectivity index (χ0v) is 22.1. The first-order valence-corrected chi connectivity index (χ1v) is 14.2. The lowest BCUT2D eigenvalue weighted by atomic mass is 10.0. The van der Waals surface area contributed by atoms with Crippen molar-refractivity contribution in [2.75, 3.05) is 17.7 Å². The number of hydrogen-bond donors (Lipinski definition) is 0. The van der Waals surface area contributed by atoms with E-state index in [2.05, 4.69) is 18.2 Å². The third kappa shape index (κ3) is 5.16. The van der Waals surface area contributed by atoms with Crippen molar-refractivity contribution < 1.29 is 26.7 Å². The van der Waals surface area contributed by atoms with E-state index in [4.69, 9.17) is 9.15 Å². The average molecular weight is 539 g/mol. The maximum atomic E-state index is 11.3. The molecule has 0 bridgehead atoms. The molecule has 0 amide bonds. The Labute approximate surface area is 227 Å². The highest BCUT2D eigenvalue weighted by Gasteiger charge is 2.28. The van der Waals surface area contributed by atoms with Crippen LogP contribution in [-0.4, -0.2) is 25.8 Å². The van der Waals surface area contributed by atoms with Gasteiger partial charge in [0.15, 0.2) is 12.3 Å². The lowest BCUT2D eigenvalue weighted by Gasteiger charge is -2.11. The minimum absolute atomic E-state index is 0.161. The van der Waals surface area contributed by atoms with Crippen molar-refractivity contribution in [1.82, 2.24) is 0 Å². The molecule has 0 radical (unpaired) electrons. The molecule has 8 heteroatoms. The van der Waals surface area contributed by atoms with Gasteiger partial charge in [0.25, 0.3) is 5.52 Å². The molecule has 2 heterocycles. The summed E-state index contributed by atoms with van der Waals surface area (Å²) in [6, 6.07) is 32.1. The highest BCUT2D eigenvalue weighted by molar-refractivity contribution is 7.85. The van der Waals surface area contributed by atoms with Crippen LogP contribution in [0.4, 0.5) is 5.69 Å². The monoisotopic (exact) mass is 538 g/mol. The van der Waals surface area contributed by atoms with Crippen molar-refractivity contribution in [3.05, 3.63) is 109 Å². The minimum atomic E-state index is -4.33. The molecule has 0 atom stereocenters. The Bertz CT molecular complexity index is 1800. The largest absolute Gasteiger partial charge is 0.748 e. The molecular weight excluding hydrogens is 512 g/mol. The summed E-state index contributed by atoms with van der Waals surface area (Å²) < 4.78 is 48.2. The molecule has 1 aliphatic rings. The van der Waals surface area contributed by atoms with Crippen LogP contribution in [0.1, 0.15) is 12.3 Å². The van der Waals surface area contributed by atoms with E-state index in [1.807, 2.05) is 95.4 Å². The van der Waals surface area contributed by atoms with Gasteiger partial charge in [-0.2, -0.15) is 4.57 Å². The maximum absolute atomic E-state index is 11.3. The van der Waals surface area contributed by atoms with Crippen LogP contribution in [0.3, 0.4) is 0 Å². The molecule has 196 valence electrons. The van der Waals surface area contributed by atoms with E-state index in [-0.39, 0.29) is 6.42 Å². The van der Waals surface area contributed by atoms with Crippen LogP contribution >= 0.6 is 0 Å². The Balaban J connectivity index is 1.38. The molecule has 0 unspecified atom stereocenters. The smallest absolute Gasteiger partial charge is 0.379 e. The molecule has 5 aromatic rings. The Hall–Kier alpha value is -4.40. The van der Waals surface area contributed by atoms with Crippen molar-refractivity contribution in [2.45, 2.75) is 13.0 Å². The second kappa shape index (κ2) is 10.1. The standard InChI is InChI=1S/C31H26N2O5S/c1-32-26-19-24(22-9-4-2-5-10-22)13-15-28(26)37-30(32)21-31-33(17-8-18-39(34,35)36)27-20-25(14-16-29(27)38-31)23-11-6-3-7-12-23/h2-7,9-16,19-21H,8,17-18H2,1H3. The molecule has 0 saturated carbocycles. The highest BCUT2D eigenvalue weighted by Crippen LogP contribution is 2.41. The third-order valence-corrected chi connectivity index (χ3v) is 7.62. The molecule has 0 fully saturated rings. The zero-order valence-electron chi connectivity index (χ0n) is 21.3. The second-order valence-electron chi connectivity index (χ2n) is 9.45. The van der Waals surface area contributed by atoms with Gasteiger partial charge in [0.2, 0.25) is 11.5 Å². The zero-order chi connectivity index (χ0) is 27.0. The number of rotatable bonds is 7. The van der Waals surface area contributed by atoms with Crippen molar-refractivity contribution in [3.63, 3.8) is 0 Å². The van der Waals surface area contributed by atoms with E-state index in [1.165, 1.54) is 0 Å². The van der Waals surface area contributed by atoms with Crippen molar-refractivity contribution >= 4 is 33.0 Å². The first-order chi connectivity index (χ1) is 18.9. The van der Waals surface area contributed by atoms with Gasteiger partial charge in [-0.3, -0.25) is 0 Å². The van der Waals surface area contributed by atoms with Gasteiger partial charge in [0.1, 0.15) is 6.08 Å². The predicted octanol–water partition coefficient (Wildman–Crippen LogP) is 5.82. The van der Waals surface area contributed by atoms with Crippen molar-refractivity contribution in [3.8, 4) is 28.0 Å². The van der Waals surface area contributed by atoms with Gasteiger partial charge >= 0.3 is 5.89 Å². The van der Waals surface area contributed by atoms with Crippen LogP contribution in [0.5, 0.6) is 5.75 Å². The van der Waals surface area contributed by atoms with E-state index in [0.717, 1.165) is 39.2 Å². The summed E-state index contributed by atoms with van der Waals surface area (Å²) in [7, 11) is -2.40. The number of aromatic nitrogens is 1. The number of anilines is 1. The summed E-state index contributed by atoms with van der Waals surface area (Å²) in [4.78, 5) is 1.96. The van der Waals surface area contributed by atoms with E-state index < -0.39 is 15.9 Å². The molecule has 0 spiro atoms. The predicted molar refractivity (Wildman–Crippen MR) is 150 cm³/mol. The van der Waals surface area contributed by atoms with Crippen molar-refractivity contribution in [1.29, 1.82) is 0 Å². The van der Waals surface area contributed by atoms with Gasteiger partial charge in [-0.05, 0) is 40.5 Å². The van der Waals surface area contributed by atoms with E-state index in [0.29, 0.717) is 23.9 Å². The molecule has 0 N–H and O–H groups in total. The number of ether oxygens (including phenoxy) is 1. The molecule has 1 aliphatic heterocycles. The molecular formula is C31H26N2O5S. The molecule has 1 aromatic heterocycles. The van der Waals surface area contributed by atoms with Crippen LogP contribution in [0.15, 0.2) is 107 Å². The summed E-state index contributed by atoms with van der Waals surface area (Å²) in [5.74, 6) is 1.35. The van der Waals surface area contributed by atoms with Gasteiger partial charge in [-0.1, -0.05) is 72.8 Å². The Morgan fingerprint density at radius 2 is 1.49 bits per heavy atom. The van der Waals surface area contributed by atoms with Gasteiger partial charge in [-0.15, -0.1) is 0 Å². The lowest BCUT2D eigenvalue weighted by Crippen LogP contribution is -2.36. The van der Waals surface area contributed by atoms with E-state index in [1.54, 1.807) is 6.08 Å². The van der Waals surface area contributed by atoms with Crippen LogP contribution in [0, 0.1) is 0 Å². The Morgan fingerprint density at radius 1 is 0.846 bits per heavy atom. The summed E-state index contributed by atoms with van der Waals surface area (Å²) in [6.07, 6.45) is 1.96. The minimum Gasteiger partial charge on any atom is -0.748 e. The number of aryl methyl sites for hydroxylation is 1. The van der Waals surface area contributed by atoms with Gasteiger partial charge in [0.05, 0.1) is 15.8 Å². The maximum Gasteiger partial charge on any atom is 0.379 e. The van der Waals surface area contributed by atoms with Crippen molar-refractivity contribution in [2.24, 2.45) is 0 Å². The lowest BCUT2D eigenvalue weighted by molar-refractivity contribution is -0.677. The summed E-state index contributed by atoms with van der Waals surface area (Å²) in [5, 5.41) is 0. The van der Waals surface area contributed by atoms with Gasteiger partial charge in [0, 0.05) is 25.3 Å². The van der Waals surface area contributed by atoms with Crippen LogP contribution < -0.4 is 14.2 Å². The van der Waals surface area contributed by atoms with Crippen LogP contribution in [-0.2, 0) is 16.7 Å². The average Bonchev–Trinajstić information content (AvgIpc) is 3.44. The molecule has 0 aliphatic carbocycles. The van der Waals surface area contributed by atoms with Gasteiger partial charge in [-0.25, -0.2) is 8.42 Å². The molecule has 6 rings (SSSR count). The summed E-state index contributed by atoms with van der Waals surface area (Å²) in [6.45, 7) is 0.292. The molecule has 39 heavy (non-hydrogen) atoms. The van der Waals surface area contributed by atoms with Crippen LogP contribution in [0.25, 0.3) is 39.4 Å².